The van der Waals surface area contributed by atoms with Crippen molar-refractivity contribution in [1.82, 2.24) is 10.2 Å². The zero-order chi connectivity index (χ0) is 31.0. The minimum atomic E-state index is -4.23. The van der Waals surface area contributed by atoms with E-state index < -0.39 is 28.5 Å². The Morgan fingerprint density at radius 3 is 2.16 bits per heavy atom. The summed E-state index contributed by atoms with van der Waals surface area (Å²) in [5, 5.41) is 2.85. The molecule has 8 nitrogen and oxygen atoms in total. The molecular formula is C32H31BrClN3O5S. The van der Waals surface area contributed by atoms with Gasteiger partial charge in [0.2, 0.25) is 11.8 Å². The molecule has 4 aromatic carbocycles. The summed E-state index contributed by atoms with van der Waals surface area (Å²) in [5.74, 6) is -0.597. The number of methoxy groups -OCH3 is 1. The molecule has 1 unspecified atom stereocenters. The summed E-state index contributed by atoms with van der Waals surface area (Å²) in [6, 6.07) is 28.1. The number of benzene rings is 4. The topological polar surface area (TPSA) is 96.0 Å². The van der Waals surface area contributed by atoms with E-state index in [0.717, 1.165) is 19.9 Å². The van der Waals surface area contributed by atoms with Crippen LogP contribution in [0.15, 0.2) is 112 Å². The first-order valence-corrected chi connectivity index (χ1v) is 16.0. The Balaban J connectivity index is 1.80. The van der Waals surface area contributed by atoms with Crippen LogP contribution in [0, 0.1) is 0 Å². The fourth-order valence-electron chi connectivity index (χ4n) is 4.61. The second-order valence-corrected chi connectivity index (χ2v) is 12.8. The number of nitrogens with one attached hydrogen (secondary N) is 1. The highest BCUT2D eigenvalue weighted by molar-refractivity contribution is 9.10. The summed E-state index contributed by atoms with van der Waals surface area (Å²) in [6.45, 7) is -0.526. The van der Waals surface area contributed by atoms with E-state index in [1.807, 2.05) is 54.6 Å². The molecule has 1 atom stereocenters. The van der Waals surface area contributed by atoms with Gasteiger partial charge in [-0.15, -0.1) is 0 Å². The lowest BCUT2D eigenvalue weighted by Gasteiger charge is -2.33. The number of ether oxygens (including phenoxy) is 1. The van der Waals surface area contributed by atoms with Crippen molar-refractivity contribution in [3.8, 4) is 5.75 Å². The molecule has 1 N–H and O–H groups in total. The van der Waals surface area contributed by atoms with E-state index in [9.17, 15) is 18.0 Å². The van der Waals surface area contributed by atoms with E-state index in [0.29, 0.717) is 5.75 Å². The minimum Gasteiger partial charge on any atom is -0.495 e. The number of hydrogen-bond donors (Lipinski definition) is 1. The van der Waals surface area contributed by atoms with E-state index >= 15 is 0 Å². The molecule has 0 saturated carbocycles. The number of halogens is 2. The van der Waals surface area contributed by atoms with Crippen molar-refractivity contribution < 1.29 is 22.7 Å². The predicted molar refractivity (Wildman–Crippen MR) is 172 cm³/mol. The van der Waals surface area contributed by atoms with Gasteiger partial charge in [-0.05, 0) is 53.6 Å². The number of carbonyl (C=O) groups is 2. The summed E-state index contributed by atoms with van der Waals surface area (Å²) in [6.07, 6.45) is 0.222. The van der Waals surface area contributed by atoms with E-state index in [-0.39, 0.29) is 34.5 Å². The fraction of sp³-hybridized carbons (Fsp3) is 0.188. The lowest BCUT2D eigenvalue weighted by atomic mass is 10.0. The van der Waals surface area contributed by atoms with Crippen molar-refractivity contribution in [2.45, 2.75) is 23.9 Å². The lowest BCUT2D eigenvalue weighted by molar-refractivity contribution is -0.139. The summed E-state index contributed by atoms with van der Waals surface area (Å²) < 4.78 is 35.1. The molecule has 11 heteroatoms. The molecular weight excluding hydrogens is 654 g/mol. The van der Waals surface area contributed by atoms with Gasteiger partial charge >= 0.3 is 0 Å². The summed E-state index contributed by atoms with van der Waals surface area (Å²) in [4.78, 5) is 29.1. The molecule has 0 spiro atoms. The van der Waals surface area contributed by atoms with Gasteiger partial charge in [0.05, 0.1) is 22.7 Å². The summed E-state index contributed by atoms with van der Waals surface area (Å²) in [7, 11) is -1.27. The summed E-state index contributed by atoms with van der Waals surface area (Å²) >= 11 is 9.86. The molecule has 0 aliphatic heterocycles. The number of likely N-dealkylation sites (N-methyl/N-ethyl adjacent to an activating group) is 1. The van der Waals surface area contributed by atoms with Crippen molar-refractivity contribution in [2.24, 2.45) is 0 Å². The van der Waals surface area contributed by atoms with Gasteiger partial charge in [0, 0.05) is 24.5 Å². The molecule has 0 fully saturated rings. The second-order valence-electron chi connectivity index (χ2n) is 9.61. The largest absolute Gasteiger partial charge is 0.495 e. The molecule has 0 saturated heterocycles. The average molecular weight is 685 g/mol. The van der Waals surface area contributed by atoms with Gasteiger partial charge < -0.3 is 15.0 Å². The van der Waals surface area contributed by atoms with Gasteiger partial charge in [-0.3, -0.25) is 13.9 Å². The van der Waals surface area contributed by atoms with E-state index in [1.54, 1.807) is 18.2 Å². The quantitative estimate of drug-likeness (QED) is 0.207. The number of carbonyl (C=O) groups excluding carboxylic acids is 2. The molecule has 0 aliphatic carbocycles. The van der Waals surface area contributed by atoms with Crippen LogP contribution in [0.5, 0.6) is 5.75 Å². The fourth-order valence-corrected chi connectivity index (χ4v) is 6.74. The number of nitrogens with zero attached hydrogens (tertiary/aromatic N) is 2. The standard InChI is InChI=1S/C32H31BrClN3O5S/c1-35-32(39)29(19-23-10-5-3-6-11-23)36(21-24-12-9-13-25(33)18-24)31(38)22-37(26-16-17-30(42-2)28(34)20-26)43(40,41)27-14-7-4-8-15-27/h3-18,20,29H,19,21-22H2,1-2H3,(H,35,39). The molecule has 2 amide bonds. The molecule has 0 heterocycles. The molecule has 43 heavy (non-hydrogen) atoms. The lowest BCUT2D eigenvalue weighted by Crippen LogP contribution is -2.53. The molecule has 4 rings (SSSR count). The van der Waals surface area contributed by atoms with E-state index in [4.69, 9.17) is 16.3 Å². The maximum atomic E-state index is 14.3. The van der Waals surface area contributed by atoms with Crippen LogP contribution in [-0.2, 0) is 32.6 Å². The number of sulfonamides is 1. The van der Waals surface area contributed by atoms with Crippen LogP contribution < -0.4 is 14.4 Å². The zero-order valence-corrected chi connectivity index (χ0v) is 26.8. The molecule has 4 aromatic rings. The Bertz CT molecular complexity index is 1670. The first-order valence-electron chi connectivity index (χ1n) is 13.3. The predicted octanol–water partition coefficient (Wildman–Crippen LogP) is 5.69. The Hall–Kier alpha value is -3.86. The van der Waals surface area contributed by atoms with Crippen molar-refractivity contribution >= 4 is 55.1 Å². The number of hydrogen-bond acceptors (Lipinski definition) is 5. The van der Waals surface area contributed by atoms with Crippen LogP contribution in [0.3, 0.4) is 0 Å². The first-order chi connectivity index (χ1) is 20.6. The highest BCUT2D eigenvalue weighted by Crippen LogP contribution is 2.32. The third-order valence-corrected chi connectivity index (χ3v) is 9.37. The average Bonchev–Trinajstić information content (AvgIpc) is 3.02. The number of rotatable bonds is 12. The van der Waals surface area contributed by atoms with Gasteiger partial charge in [0.15, 0.2) is 0 Å². The number of anilines is 1. The van der Waals surface area contributed by atoms with Crippen molar-refractivity contribution in [2.75, 3.05) is 25.0 Å². The Morgan fingerprint density at radius 1 is 0.907 bits per heavy atom. The molecule has 0 aliphatic rings. The third-order valence-electron chi connectivity index (χ3n) is 6.79. The van der Waals surface area contributed by atoms with Crippen LogP contribution in [0.1, 0.15) is 11.1 Å². The minimum absolute atomic E-state index is 0.000386. The van der Waals surface area contributed by atoms with Gasteiger partial charge in [0.25, 0.3) is 10.0 Å². The summed E-state index contributed by atoms with van der Waals surface area (Å²) in [5.41, 5.74) is 1.78. The smallest absolute Gasteiger partial charge is 0.264 e. The molecule has 0 aromatic heterocycles. The number of amides is 2. The van der Waals surface area contributed by atoms with Crippen LogP contribution in [0.4, 0.5) is 5.69 Å². The Kier molecular flexibility index (Phi) is 10.8. The highest BCUT2D eigenvalue weighted by Gasteiger charge is 2.34. The Labute approximate surface area is 265 Å². The van der Waals surface area contributed by atoms with Gasteiger partial charge in [0.1, 0.15) is 18.3 Å². The third kappa shape index (κ3) is 7.95. The zero-order valence-electron chi connectivity index (χ0n) is 23.6. The van der Waals surface area contributed by atoms with Gasteiger partial charge in [-0.25, -0.2) is 8.42 Å². The second kappa shape index (κ2) is 14.5. The molecule has 0 bridgehead atoms. The first kappa shape index (κ1) is 32.1. The molecule has 224 valence electrons. The van der Waals surface area contributed by atoms with Crippen molar-refractivity contribution in [3.63, 3.8) is 0 Å². The van der Waals surface area contributed by atoms with E-state index in [2.05, 4.69) is 21.2 Å². The monoisotopic (exact) mass is 683 g/mol. The van der Waals surface area contributed by atoms with E-state index in [1.165, 1.54) is 49.4 Å². The Morgan fingerprint density at radius 2 is 1.56 bits per heavy atom. The SMILES string of the molecule is CNC(=O)C(Cc1ccccc1)N(Cc1cccc(Br)c1)C(=O)CN(c1ccc(OC)c(Cl)c1)S(=O)(=O)c1ccccc1. The van der Waals surface area contributed by atoms with Crippen LogP contribution in [0.25, 0.3) is 0 Å². The molecule has 0 radical (unpaired) electrons. The van der Waals surface area contributed by atoms with Crippen LogP contribution >= 0.6 is 27.5 Å². The van der Waals surface area contributed by atoms with Gasteiger partial charge in [-0.1, -0.05) is 88.2 Å². The van der Waals surface area contributed by atoms with Crippen LogP contribution in [0.2, 0.25) is 5.02 Å². The van der Waals surface area contributed by atoms with Crippen LogP contribution in [-0.4, -0.2) is 51.9 Å². The normalized spacial score (nSPS) is 11.8. The van der Waals surface area contributed by atoms with Crippen molar-refractivity contribution in [3.05, 3.63) is 124 Å². The highest BCUT2D eigenvalue weighted by atomic mass is 79.9. The van der Waals surface area contributed by atoms with Crippen molar-refractivity contribution in [1.29, 1.82) is 0 Å². The maximum absolute atomic E-state index is 14.3. The maximum Gasteiger partial charge on any atom is 0.264 e. The van der Waals surface area contributed by atoms with Gasteiger partial charge in [-0.2, -0.15) is 0 Å².